The van der Waals surface area contributed by atoms with Gasteiger partial charge in [-0.25, -0.2) is 0 Å². The number of nitrogen functional groups attached to an aromatic ring is 1. The Morgan fingerprint density at radius 1 is 1.25 bits per heavy atom. The first-order valence-corrected chi connectivity index (χ1v) is 6.08. The van der Waals surface area contributed by atoms with Gasteiger partial charge >= 0.3 is 0 Å². The van der Waals surface area contributed by atoms with Crippen molar-refractivity contribution in [3.63, 3.8) is 0 Å². The molecule has 0 aliphatic carbocycles. The number of hydrogen-bond donors (Lipinski definition) is 1. The van der Waals surface area contributed by atoms with Crippen molar-refractivity contribution < 1.29 is 9.47 Å². The molecule has 2 N–H and O–H groups in total. The molecule has 2 rings (SSSR count). The summed E-state index contributed by atoms with van der Waals surface area (Å²) < 4.78 is 12.0. The molecule has 2 aromatic rings. The fourth-order valence-corrected chi connectivity index (χ4v) is 1.53. The minimum Gasteiger partial charge on any atom is -0.478 e. The predicted molar refractivity (Wildman–Crippen MR) is 70.6 cm³/mol. The number of nitrogens with zero attached hydrogens (tertiary/aromatic N) is 5. The van der Waals surface area contributed by atoms with Crippen LogP contribution in [-0.4, -0.2) is 33.0 Å². The van der Waals surface area contributed by atoms with Crippen molar-refractivity contribution in [3.05, 3.63) is 17.8 Å². The van der Waals surface area contributed by atoms with Gasteiger partial charge in [-0.2, -0.15) is 25.0 Å². The first kappa shape index (κ1) is 13.6. The maximum absolute atomic E-state index is 8.88. The maximum atomic E-state index is 8.88. The molecule has 2 heterocycles. The summed E-state index contributed by atoms with van der Waals surface area (Å²) in [5, 5.41) is 12.9. The summed E-state index contributed by atoms with van der Waals surface area (Å²) in [6.45, 7) is 4.61. The lowest BCUT2D eigenvalue weighted by atomic mass is 10.4. The molecule has 8 nitrogen and oxygen atoms in total. The van der Waals surface area contributed by atoms with Crippen LogP contribution in [-0.2, 0) is 0 Å². The van der Waals surface area contributed by atoms with E-state index < -0.39 is 0 Å². The Morgan fingerprint density at radius 3 is 2.30 bits per heavy atom. The molecule has 0 fully saturated rings. The van der Waals surface area contributed by atoms with E-state index in [1.54, 1.807) is 6.07 Å². The molecule has 104 valence electrons. The van der Waals surface area contributed by atoms with E-state index in [2.05, 4.69) is 15.1 Å². The Labute approximate surface area is 115 Å². The molecule has 8 heteroatoms. The smallest absolute Gasteiger partial charge is 0.259 e. The van der Waals surface area contributed by atoms with E-state index in [1.807, 2.05) is 19.9 Å². The molecular weight excluding hydrogens is 260 g/mol. The Bertz CT molecular complexity index is 622. The molecule has 2 aromatic heterocycles. The lowest BCUT2D eigenvalue weighted by Gasteiger charge is -2.09. The monoisotopic (exact) mass is 274 g/mol. The molecule has 0 aromatic carbocycles. The van der Waals surface area contributed by atoms with Crippen molar-refractivity contribution in [1.82, 2.24) is 19.7 Å². The minimum atomic E-state index is 0.170. The number of ether oxygens (including phenoxy) is 2. The van der Waals surface area contributed by atoms with Crippen molar-refractivity contribution >= 4 is 5.82 Å². The average Bonchev–Trinajstić information content (AvgIpc) is 2.80. The summed E-state index contributed by atoms with van der Waals surface area (Å²) in [5.74, 6) is 1.07. The lowest BCUT2D eigenvalue weighted by molar-refractivity contribution is 0.304. The molecule has 0 aliphatic rings. The fourth-order valence-electron chi connectivity index (χ4n) is 1.53. The molecule has 0 unspecified atom stereocenters. The van der Waals surface area contributed by atoms with Crippen LogP contribution in [0.25, 0.3) is 5.95 Å². The van der Waals surface area contributed by atoms with Crippen LogP contribution in [0.5, 0.6) is 11.8 Å². The van der Waals surface area contributed by atoms with Crippen molar-refractivity contribution in [1.29, 1.82) is 5.26 Å². The van der Waals surface area contributed by atoms with Gasteiger partial charge in [0.15, 0.2) is 0 Å². The molecule has 0 amide bonds. The highest BCUT2D eigenvalue weighted by Crippen LogP contribution is 2.20. The molecule has 0 aliphatic heterocycles. The van der Waals surface area contributed by atoms with Crippen molar-refractivity contribution in [3.8, 4) is 23.8 Å². The van der Waals surface area contributed by atoms with Crippen molar-refractivity contribution in [2.45, 2.75) is 13.8 Å². The third kappa shape index (κ3) is 2.61. The topological polar surface area (TPSA) is 112 Å². The van der Waals surface area contributed by atoms with Gasteiger partial charge in [-0.3, -0.25) is 0 Å². The van der Waals surface area contributed by atoms with Gasteiger partial charge in [0, 0.05) is 0 Å². The van der Waals surface area contributed by atoms with E-state index in [1.165, 1.54) is 10.9 Å². The zero-order chi connectivity index (χ0) is 14.5. The summed E-state index contributed by atoms with van der Waals surface area (Å²) in [6.07, 6.45) is 1.35. The van der Waals surface area contributed by atoms with Gasteiger partial charge in [0.25, 0.3) is 5.95 Å². The Hall–Kier alpha value is -2.82. The maximum Gasteiger partial charge on any atom is 0.259 e. The van der Waals surface area contributed by atoms with Crippen LogP contribution in [0, 0.1) is 11.3 Å². The third-order valence-electron chi connectivity index (χ3n) is 2.37. The highest BCUT2D eigenvalue weighted by atomic mass is 16.5. The zero-order valence-corrected chi connectivity index (χ0v) is 11.2. The number of nitrogens with two attached hydrogens (primary N) is 1. The number of aromatic nitrogens is 4. The van der Waals surface area contributed by atoms with Crippen LogP contribution in [0.2, 0.25) is 0 Å². The number of rotatable bonds is 5. The standard InChI is InChI=1S/C12H14N6O2/c1-3-19-9-5-10(20-4-2)17-12(16-9)18-11(14)8(6-13)7-15-18/h5,7H,3-4,14H2,1-2H3. The largest absolute Gasteiger partial charge is 0.478 e. The molecule has 0 atom stereocenters. The fraction of sp³-hybridized carbons (Fsp3) is 0.333. The van der Waals surface area contributed by atoms with E-state index in [-0.39, 0.29) is 17.3 Å². The second-order valence-electron chi connectivity index (χ2n) is 3.68. The first-order chi connectivity index (χ1) is 9.69. The van der Waals surface area contributed by atoms with Crippen LogP contribution < -0.4 is 15.2 Å². The van der Waals surface area contributed by atoms with Crippen LogP contribution in [0.1, 0.15) is 19.4 Å². The van der Waals surface area contributed by atoms with Crippen molar-refractivity contribution in [2.75, 3.05) is 18.9 Å². The molecule has 0 radical (unpaired) electrons. The lowest BCUT2D eigenvalue weighted by Crippen LogP contribution is -2.09. The quantitative estimate of drug-likeness (QED) is 0.862. The van der Waals surface area contributed by atoms with Crippen molar-refractivity contribution in [2.24, 2.45) is 0 Å². The van der Waals surface area contributed by atoms with Gasteiger partial charge < -0.3 is 15.2 Å². The Morgan fingerprint density at radius 2 is 1.85 bits per heavy atom. The van der Waals surface area contributed by atoms with Gasteiger partial charge in [-0.1, -0.05) is 0 Å². The van der Waals surface area contributed by atoms with Gasteiger partial charge in [-0.15, -0.1) is 0 Å². The SMILES string of the molecule is CCOc1cc(OCC)nc(-n2ncc(C#N)c2N)n1. The molecule has 0 saturated heterocycles. The van der Waals surface area contributed by atoms with E-state index in [0.29, 0.717) is 25.0 Å². The Kier molecular flexibility index (Phi) is 4.00. The number of hydrogen-bond acceptors (Lipinski definition) is 7. The van der Waals surface area contributed by atoms with E-state index in [0.717, 1.165) is 0 Å². The summed E-state index contributed by atoms with van der Waals surface area (Å²) in [7, 11) is 0. The highest BCUT2D eigenvalue weighted by Gasteiger charge is 2.14. The van der Waals surface area contributed by atoms with Gasteiger partial charge in [0.2, 0.25) is 11.8 Å². The summed E-state index contributed by atoms with van der Waals surface area (Å²) >= 11 is 0. The summed E-state index contributed by atoms with van der Waals surface area (Å²) in [6, 6.07) is 3.52. The van der Waals surface area contributed by atoms with E-state index in [4.69, 9.17) is 20.5 Å². The number of nitriles is 1. The van der Waals surface area contributed by atoms with Gasteiger partial charge in [-0.05, 0) is 13.8 Å². The first-order valence-electron chi connectivity index (χ1n) is 6.08. The summed E-state index contributed by atoms with van der Waals surface area (Å²) in [4.78, 5) is 8.36. The second kappa shape index (κ2) is 5.88. The third-order valence-corrected chi connectivity index (χ3v) is 2.37. The van der Waals surface area contributed by atoms with E-state index >= 15 is 0 Å². The molecule has 0 bridgehead atoms. The Balaban J connectivity index is 2.49. The highest BCUT2D eigenvalue weighted by molar-refractivity contribution is 5.50. The average molecular weight is 274 g/mol. The van der Waals surface area contributed by atoms with Crippen LogP contribution >= 0.6 is 0 Å². The normalized spacial score (nSPS) is 10.1. The van der Waals surface area contributed by atoms with Crippen LogP contribution in [0.15, 0.2) is 12.3 Å². The summed E-state index contributed by atoms with van der Waals surface area (Å²) in [5.41, 5.74) is 6.07. The van der Waals surface area contributed by atoms with Crippen LogP contribution in [0.4, 0.5) is 5.82 Å². The van der Waals surface area contributed by atoms with Gasteiger partial charge in [0.05, 0.1) is 25.5 Å². The zero-order valence-electron chi connectivity index (χ0n) is 11.2. The second-order valence-corrected chi connectivity index (χ2v) is 3.68. The minimum absolute atomic E-state index is 0.170. The predicted octanol–water partition coefficient (Wildman–Crippen LogP) is 0.914. The molecular formula is C12H14N6O2. The number of anilines is 1. The molecule has 20 heavy (non-hydrogen) atoms. The van der Waals surface area contributed by atoms with E-state index in [9.17, 15) is 0 Å². The van der Waals surface area contributed by atoms with Gasteiger partial charge in [0.1, 0.15) is 17.5 Å². The molecule has 0 saturated carbocycles. The molecule has 0 spiro atoms. The van der Waals surface area contributed by atoms with Crippen LogP contribution in [0.3, 0.4) is 0 Å².